The van der Waals surface area contributed by atoms with Crippen LogP contribution in [-0.2, 0) is 5.41 Å². The van der Waals surface area contributed by atoms with E-state index in [1.165, 1.54) is 0 Å². The van der Waals surface area contributed by atoms with Crippen LogP contribution in [0.2, 0.25) is 0 Å². The second-order valence-electron chi connectivity index (χ2n) is 3.60. The minimum Gasteiger partial charge on any atom is -0.395 e. The summed E-state index contributed by atoms with van der Waals surface area (Å²) in [5, 5.41) is 9.32. The van der Waals surface area contributed by atoms with E-state index in [0.29, 0.717) is 5.88 Å². The third-order valence-electron chi connectivity index (χ3n) is 2.46. The molecule has 0 bridgehead atoms. The first-order valence-electron chi connectivity index (χ1n) is 4.53. The zero-order chi connectivity index (χ0) is 9.73. The maximum absolute atomic E-state index is 9.32. The molecule has 0 aliphatic carbocycles. The lowest BCUT2D eigenvalue weighted by atomic mass is 9.83. The molecule has 0 spiro atoms. The second-order valence-corrected chi connectivity index (χ2v) is 3.97. The van der Waals surface area contributed by atoms with Crippen LogP contribution in [0.25, 0.3) is 0 Å². The first kappa shape index (κ1) is 10.6. The van der Waals surface area contributed by atoms with Gasteiger partial charge in [-0.25, -0.2) is 0 Å². The van der Waals surface area contributed by atoms with Crippen LogP contribution in [0.3, 0.4) is 0 Å². The van der Waals surface area contributed by atoms with Gasteiger partial charge < -0.3 is 10.1 Å². The Morgan fingerprint density at radius 2 is 2.38 bits per heavy atom. The Kier molecular flexibility index (Phi) is 3.82. The molecule has 0 fully saturated rings. The molecule has 2 nitrogen and oxygen atoms in total. The Morgan fingerprint density at radius 3 is 2.85 bits per heavy atom. The normalized spacial score (nSPS) is 15.6. The average Bonchev–Trinajstić information content (AvgIpc) is 2.67. The summed E-state index contributed by atoms with van der Waals surface area (Å²) in [5.41, 5.74) is 0.915. The molecule has 1 unspecified atom stereocenters. The molecule has 0 aromatic carbocycles. The molecule has 0 saturated carbocycles. The van der Waals surface area contributed by atoms with Gasteiger partial charge >= 0.3 is 0 Å². The number of aliphatic hydroxyl groups excluding tert-OH is 1. The van der Waals surface area contributed by atoms with Crippen molar-refractivity contribution in [2.75, 3.05) is 12.5 Å². The van der Waals surface area contributed by atoms with Gasteiger partial charge in [-0.2, -0.15) is 0 Å². The Labute approximate surface area is 83.9 Å². The largest absolute Gasteiger partial charge is 0.395 e. The van der Waals surface area contributed by atoms with Crippen molar-refractivity contribution in [3.63, 3.8) is 0 Å². The van der Waals surface area contributed by atoms with Gasteiger partial charge in [0.15, 0.2) is 0 Å². The molecule has 0 amide bonds. The fourth-order valence-electron chi connectivity index (χ4n) is 1.46. The van der Waals surface area contributed by atoms with E-state index >= 15 is 0 Å². The summed E-state index contributed by atoms with van der Waals surface area (Å²) in [6.07, 6.45) is 3.72. The summed E-state index contributed by atoms with van der Waals surface area (Å²) in [6.45, 7) is 2.20. The van der Waals surface area contributed by atoms with E-state index in [2.05, 4.69) is 4.98 Å². The maximum Gasteiger partial charge on any atom is 0.0539 e. The molecule has 0 saturated heterocycles. The Hall–Kier alpha value is -0.470. The van der Waals surface area contributed by atoms with Crippen LogP contribution >= 0.6 is 11.6 Å². The van der Waals surface area contributed by atoms with Crippen molar-refractivity contribution in [2.45, 2.75) is 25.2 Å². The molecule has 1 aromatic heterocycles. The van der Waals surface area contributed by atoms with Crippen molar-refractivity contribution in [1.82, 2.24) is 4.98 Å². The standard InChI is InChI=1S/C10H16ClNO/c1-10(8-13,5-3-6-11)9-4-2-7-12-9/h2,4,7,12-13H,3,5-6,8H2,1H3. The van der Waals surface area contributed by atoms with E-state index in [-0.39, 0.29) is 12.0 Å². The minimum absolute atomic E-state index is 0.157. The molecule has 1 aromatic rings. The number of aliphatic hydroxyl groups is 1. The van der Waals surface area contributed by atoms with E-state index in [1.54, 1.807) is 0 Å². The summed E-state index contributed by atoms with van der Waals surface area (Å²) in [4.78, 5) is 3.13. The number of hydrogen-bond donors (Lipinski definition) is 2. The van der Waals surface area contributed by atoms with Crippen molar-refractivity contribution < 1.29 is 5.11 Å². The molecule has 74 valence electrons. The highest BCUT2D eigenvalue weighted by atomic mass is 35.5. The zero-order valence-electron chi connectivity index (χ0n) is 7.89. The maximum atomic E-state index is 9.32. The number of halogens is 1. The number of hydrogen-bond acceptors (Lipinski definition) is 1. The average molecular weight is 202 g/mol. The number of rotatable bonds is 5. The molecule has 1 atom stereocenters. The third-order valence-corrected chi connectivity index (χ3v) is 2.73. The van der Waals surface area contributed by atoms with Gasteiger partial charge in [-0.3, -0.25) is 0 Å². The molecular weight excluding hydrogens is 186 g/mol. The van der Waals surface area contributed by atoms with Gasteiger partial charge in [-0.05, 0) is 25.0 Å². The Balaban J connectivity index is 2.69. The van der Waals surface area contributed by atoms with E-state index in [0.717, 1.165) is 18.5 Å². The highest BCUT2D eigenvalue weighted by molar-refractivity contribution is 6.17. The molecular formula is C10H16ClNO. The first-order valence-corrected chi connectivity index (χ1v) is 5.07. The van der Waals surface area contributed by atoms with Crippen LogP contribution in [0.4, 0.5) is 0 Å². The Bertz CT molecular complexity index is 235. The summed E-state index contributed by atoms with van der Waals surface area (Å²) in [6, 6.07) is 3.95. The van der Waals surface area contributed by atoms with E-state index in [4.69, 9.17) is 11.6 Å². The monoisotopic (exact) mass is 201 g/mol. The zero-order valence-corrected chi connectivity index (χ0v) is 8.64. The Morgan fingerprint density at radius 1 is 1.62 bits per heavy atom. The van der Waals surface area contributed by atoms with E-state index in [1.807, 2.05) is 25.3 Å². The van der Waals surface area contributed by atoms with Crippen LogP contribution in [-0.4, -0.2) is 22.6 Å². The highest BCUT2D eigenvalue weighted by Gasteiger charge is 2.25. The quantitative estimate of drug-likeness (QED) is 0.705. The number of nitrogens with one attached hydrogen (secondary N) is 1. The van der Waals surface area contributed by atoms with Crippen molar-refractivity contribution >= 4 is 11.6 Å². The van der Waals surface area contributed by atoms with E-state index < -0.39 is 0 Å². The molecule has 2 N–H and O–H groups in total. The lowest BCUT2D eigenvalue weighted by Crippen LogP contribution is -2.27. The fraction of sp³-hybridized carbons (Fsp3) is 0.600. The van der Waals surface area contributed by atoms with Crippen LogP contribution < -0.4 is 0 Å². The van der Waals surface area contributed by atoms with Gasteiger partial charge in [0.2, 0.25) is 0 Å². The SMILES string of the molecule is CC(CO)(CCCCl)c1ccc[nH]1. The molecule has 0 radical (unpaired) electrons. The topological polar surface area (TPSA) is 36.0 Å². The van der Waals surface area contributed by atoms with Gasteiger partial charge in [-0.15, -0.1) is 11.6 Å². The van der Waals surface area contributed by atoms with Crippen molar-refractivity contribution in [1.29, 1.82) is 0 Å². The van der Waals surface area contributed by atoms with Crippen LogP contribution in [0.5, 0.6) is 0 Å². The van der Waals surface area contributed by atoms with Gasteiger partial charge in [0.05, 0.1) is 6.61 Å². The van der Waals surface area contributed by atoms with Crippen molar-refractivity contribution in [3.05, 3.63) is 24.0 Å². The predicted molar refractivity (Wildman–Crippen MR) is 55.2 cm³/mol. The second kappa shape index (κ2) is 4.68. The lowest BCUT2D eigenvalue weighted by Gasteiger charge is -2.25. The first-order chi connectivity index (χ1) is 6.23. The van der Waals surface area contributed by atoms with Crippen LogP contribution in [0, 0.1) is 0 Å². The number of aromatic amines is 1. The van der Waals surface area contributed by atoms with Gasteiger partial charge in [0.25, 0.3) is 0 Å². The van der Waals surface area contributed by atoms with Crippen molar-refractivity contribution in [2.24, 2.45) is 0 Å². The van der Waals surface area contributed by atoms with E-state index in [9.17, 15) is 5.11 Å². The summed E-state index contributed by atoms with van der Waals surface area (Å²) >= 11 is 5.63. The molecule has 0 aliphatic rings. The molecule has 1 rings (SSSR count). The molecule has 13 heavy (non-hydrogen) atoms. The summed E-state index contributed by atoms with van der Waals surface area (Å²) in [7, 11) is 0. The molecule has 3 heteroatoms. The van der Waals surface area contributed by atoms with Gasteiger partial charge in [0.1, 0.15) is 0 Å². The van der Waals surface area contributed by atoms with Gasteiger partial charge in [0, 0.05) is 23.2 Å². The molecule has 0 aliphatic heterocycles. The summed E-state index contributed by atoms with van der Waals surface area (Å²) < 4.78 is 0. The van der Waals surface area contributed by atoms with Crippen LogP contribution in [0.1, 0.15) is 25.5 Å². The molecule has 1 heterocycles. The summed E-state index contributed by atoms with van der Waals surface area (Å²) in [5.74, 6) is 0.649. The highest BCUT2D eigenvalue weighted by Crippen LogP contribution is 2.27. The number of alkyl halides is 1. The smallest absolute Gasteiger partial charge is 0.0539 e. The van der Waals surface area contributed by atoms with Gasteiger partial charge in [-0.1, -0.05) is 6.92 Å². The lowest BCUT2D eigenvalue weighted by molar-refractivity contribution is 0.193. The fourth-order valence-corrected chi connectivity index (χ4v) is 1.60. The predicted octanol–water partition coefficient (Wildman–Crippen LogP) is 2.28. The van der Waals surface area contributed by atoms with Crippen LogP contribution in [0.15, 0.2) is 18.3 Å². The number of H-pyrrole nitrogens is 1. The minimum atomic E-state index is -0.168. The van der Waals surface area contributed by atoms with Crippen molar-refractivity contribution in [3.8, 4) is 0 Å². The third kappa shape index (κ3) is 2.48. The number of aromatic nitrogens is 1.